The van der Waals surface area contributed by atoms with E-state index in [0.717, 1.165) is 31.5 Å². The van der Waals surface area contributed by atoms with Gasteiger partial charge in [-0.15, -0.1) is 12.4 Å². The summed E-state index contributed by atoms with van der Waals surface area (Å²) in [5, 5.41) is 2.87. The van der Waals surface area contributed by atoms with Crippen molar-refractivity contribution in [1.82, 2.24) is 4.90 Å². The number of likely N-dealkylation sites (tertiary alicyclic amines) is 1. The molecule has 1 aliphatic heterocycles. The van der Waals surface area contributed by atoms with Crippen molar-refractivity contribution in [3.8, 4) is 0 Å². The predicted octanol–water partition coefficient (Wildman–Crippen LogP) is 3.49. The smallest absolute Gasteiger partial charge is 0.255 e. The molecule has 1 fully saturated rings. The average Bonchev–Trinajstić information content (AvgIpc) is 3.10. The van der Waals surface area contributed by atoms with Gasteiger partial charge in [-0.3, -0.25) is 9.59 Å². The van der Waals surface area contributed by atoms with E-state index in [-0.39, 0.29) is 24.2 Å². The van der Waals surface area contributed by atoms with E-state index < -0.39 is 0 Å². The summed E-state index contributed by atoms with van der Waals surface area (Å²) in [6.45, 7) is 3.47. The zero-order valence-electron chi connectivity index (χ0n) is 14.1. The molecule has 0 unspecified atom stereocenters. The van der Waals surface area contributed by atoms with Crippen LogP contribution in [0.25, 0.3) is 0 Å². The number of nitrogens with one attached hydrogen (secondary N) is 1. The molecule has 0 spiro atoms. The van der Waals surface area contributed by atoms with Crippen LogP contribution in [0.4, 0.5) is 11.4 Å². The van der Waals surface area contributed by atoms with E-state index in [0.29, 0.717) is 22.5 Å². The van der Waals surface area contributed by atoms with Gasteiger partial charge in [-0.25, -0.2) is 0 Å². The first-order valence-electron chi connectivity index (χ1n) is 8.12. The second-order valence-corrected chi connectivity index (χ2v) is 6.06. The van der Waals surface area contributed by atoms with Gasteiger partial charge in [-0.05, 0) is 55.7 Å². The third kappa shape index (κ3) is 4.12. The Hall–Kier alpha value is -2.53. The van der Waals surface area contributed by atoms with Crippen molar-refractivity contribution in [3.05, 3.63) is 59.2 Å². The minimum absolute atomic E-state index is 0. The van der Waals surface area contributed by atoms with Gasteiger partial charge in [0.2, 0.25) is 0 Å². The number of carbonyl (C=O) groups is 2. The Morgan fingerprint density at radius 3 is 2.44 bits per heavy atom. The molecule has 0 radical (unpaired) electrons. The van der Waals surface area contributed by atoms with Crippen LogP contribution in [0.15, 0.2) is 42.5 Å². The quantitative estimate of drug-likeness (QED) is 0.824. The second kappa shape index (κ2) is 8.03. The van der Waals surface area contributed by atoms with Crippen molar-refractivity contribution in [2.75, 3.05) is 24.1 Å². The van der Waals surface area contributed by atoms with Crippen molar-refractivity contribution in [3.63, 3.8) is 0 Å². The van der Waals surface area contributed by atoms with Gasteiger partial charge in [-0.1, -0.05) is 12.1 Å². The summed E-state index contributed by atoms with van der Waals surface area (Å²) in [4.78, 5) is 26.9. The van der Waals surface area contributed by atoms with Gasteiger partial charge >= 0.3 is 0 Å². The highest BCUT2D eigenvalue weighted by Gasteiger charge is 2.22. The van der Waals surface area contributed by atoms with Gasteiger partial charge in [0.1, 0.15) is 0 Å². The van der Waals surface area contributed by atoms with E-state index >= 15 is 0 Å². The lowest BCUT2D eigenvalue weighted by Gasteiger charge is -2.18. The van der Waals surface area contributed by atoms with Crippen LogP contribution in [0.1, 0.15) is 39.1 Å². The zero-order chi connectivity index (χ0) is 17.1. The largest absolute Gasteiger partial charge is 0.399 e. The molecule has 0 bridgehead atoms. The van der Waals surface area contributed by atoms with E-state index in [1.165, 1.54) is 0 Å². The Morgan fingerprint density at radius 1 is 1.08 bits per heavy atom. The molecule has 6 heteroatoms. The Morgan fingerprint density at radius 2 is 1.76 bits per heavy atom. The lowest BCUT2D eigenvalue weighted by molar-refractivity contribution is 0.0791. The molecule has 3 N–H and O–H groups in total. The molecule has 3 rings (SSSR count). The van der Waals surface area contributed by atoms with Crippen LogP contribution in [-0.4, -0.2) is 29.8 Å². The molecule has 25 heavy (non-hydrogen) atoms. The summed E-state index contributed by atoms with van der Waals surface area (Å²) < 4.78 is 0. The first-order chi connectivity index (χ1) is 11.6. The molecule has 1 aliphatic rings. The first kappa shape index (κ1) is 18.8. The van der Waals surface area contributed by atoms with Gasteiger partial charge in [0.05, 0.1) is 0 Å². The van der Waals surface area contributed by atoms with E-state index in [1.807, 2.05) is 17.9 Å². The van der Waals surface area contributed by atoms with Crippen molar-refractivity contribution >= 4 is 35.6 Å². The Labute approximate surface area is 153 Å². The van der Waals surface area contributed by atoms with Crippen molar-refractivity contribution < 1.29 is 9.59 Å². The summed E-state index contributed by atoms with van der Waals surface area (Å²) in [5.41, 5.74) is 8.82. The molecule has 2 aromatic carbocycles. The van der Waals surface area contributed by atoms with Gasteiger partial charge in [-0.2, -0.15) is 0 Å². The minimum Gasteiger partial charge on any atom is -0.399 e. The summed E-state index contributed by atoms with van der Waals surface area (Å²) in [7, 11) is 0. The maximum absolute atomic E-state index is 12.6. The SMILES string of the molecule is Cc1c(NC(=O)c2cccc(N)c2)cccc1C(=O)N1CCCC1.Cl. The summed E-state index contributed by atoms with van der Waals surface area (Å²) in [6, 6.07) is 12.2. The highest BCUT2D eigenvalue weighted by atomic mass is 35.5. The number of halogens is 1. The highest BCUT2D eigenvalue weighted by Crippen LogP contribution is 2.23. The third-order valence-corrected chi connectivity index (χ3v) is 4.35. The summed E-state index contributed by atoms with van der Waals surface area (Å²) in [6.07, 6.45) is 2.10. The number of hydrogen-bond acceptors (Lipinski definition) is 3. The Bertz CT molecular complexity index is 786. The topological polar surface area (TPSA) is 75.4 Å². The second-order valence-electron chi connectivity index (χ2n) is 6.06. The third-order valence-electron chi connectivity index (χ3n) is 4.35. The number of anilines is 2. The maximum atomic E-state index is 12.6. The van der Waals surface area contributed by atoms with Gasteiger partial charge in [0.25, 0.3) is 11.8 Å². The fourth-order valence-electron chi connectivity index (χ4n) is 2.97. The molecular weight excluding hydrogens is 338 g/mol. The van der Waals surface area contributed by atoms with Crippen LogP contribution in [0.5, 0.6) is 0 Å². The van der Waals surface area contributed by atoms with E-state index in [1.54, 1.807) is 36.4 Å². The number of rotatable bonds is 3. The summed E-state index contributed by atoms with van der Waals surface area (Å²) in [5.74, 6) is -0.207. The normalized spacial score (nSPS) is 13.2. The van der Waals surface area contributed by atoms with Crippen LogP contribution in [-0.2, 0) is 0 Å². The number of carbonyl (C=O) groups excluding carboxylic acids is 2. The molecule has 0 aliphatic carbocycles. The number of nitrogens with two attached hydrogens (primary N) is 1. The number of amides is 2. The lowest BCUT2D eigenvalue weighted by Crippen LogP contribution is -2.28. The van der Waals surface area contributed by atoms with Crippen LogP contribution >= 0.6 is 12.4 Å². The first-order valence-corrected chi connectivity index (χ1v) is 8.12. The molecule has 0 aromatic heterocycles. The van der Waals surface area contributed by atoms with Crippen molar-refractivity contribution in [2.45, 2.75) is 19.8 Å². The van der Waals surface area contributed by atoms with E-state index in [4.69, 9.17) is 5.73 Å². The number of nitrogen functional groups attached to an aromatic ring is 1. The number of hydrogen-bond donors (Lipinski definition) is 2. The molecule has 0 atom stereocenters. The average molecular weight is 360 g/mol. The van der Waals surface area contributed by atoms with Crippen LogP contribution in [0.3, 0.4) is 0 Å². The van der Waals surface area contributed by atoms with Gasteiger partial charge < -0.3 is 16.0 Å². The number of benzene rings is 2. The highest BCUT2D eigenvalue weighted by molar-refractivity contribution is 6.06. The molecule has 1 saturated heterocycles. The Kier molecular flexibility index (Phi) is 6.04. The maximum Gasteiger partial charge on any atom is 0.255 e. The molecule has 2 amide bonds. The molecule has 0 saturated carbocycles. The monoisotopic (exact) mass is 359 g/mol. The van der Waals surface area contributed by atoms with Crippen LogP contribution in [0.2, 0.25) is 0 Å². The molecule has 5 nitrogen and oxygen atoms in total. The van der Waals surface area contributed by atoms with Crippen LogP contribution in [0, 0.1) is 6.92 Å². The van der Waals surface area contributed by atoms with E-state index in [9.17, 15) is 9.59 Å². The van der Waals surface area contributed by atoms with Gasteiger partial charge in [0.15, 0.2) is 0 Å². The number of nitrogens with zero attached hydrogens (tertiary/aromatic N) is 1. The standard InChI is InChI=1S/C19H21N3O2.ClH/c1-13-16(19(24)22-10-2-3-11-22)8-5-9-17(13)21-18(23)14-6-4-7-15(20)12-14;/h4-9,12H,2-3,10-11,20H2,1H3,(H,21,23);1H. The van der Waals surface area contributed by atoms with Crippen LogP contribution < -0.4 is 11.1 Å². The minimum atomic E-state index is -0.240. The molecular formula is C19H22ClN3O2. The predicted molar refractivity (Wildman–Crippen MR) is 102 cm³/mol. The van der Waals surface area contributed by atoms with E-state index in [2.05, 4.69) is 5.32 Å². The fraction of sp³-hybridized carbons (Fsp3) is 0.263. The summed E-state index contributed by atoms with van der Waals surface area (Å²) >= 11 is 0. The lowest BCUT2D eigenvalue weighted by atomic mass is 10.0. The zero-order valence-corrected chi connectivity index (χ0v) is 14.9. The van der Waals surface area contributed by atoms with Crippen molar-refractivity contribution in [1.29, 1.82) is 0 Å². The molecule has 1 heterocycles. The molecule has 132 valence electrons. The fourth-order valence-corrected chi connectivity index (χ4v) is 2.97. The van der Waals surface area contributed by atoms with Gasteiger partial charge in [0, 0.05) is 35.6 Å². The van der Waals surface area contributed by atoms with Crippen molar-refractivity contribution in [2.24, 2.45) is 0 Å². The Balaban J connectivity index is 0.00000225. The molecule has 2 aromatic rings.